The SMILES string of the molecule is CCc1ccc(NC(=O)CCC(=O)N2CCC(N)CC2)cc1. The number of nitrogens with zero attached hydrogens (tertiary/aromatic N) is 1. The van der Waals surface area contributed by atoms with Gasteiger partial charge in [-0.15, -0.1) is 0 Å². The maximum atomic E-state index is 12.1. The molecule has 1 aliphatic heterocycles. The number of rotatable bonds is 5. The number of hydrogen-bond donors (Lipinski definition) is 2. The van der Waals surface area contributed by atoms with Crippen LogP contribution in [0.5, 0.6) is 0 Å². The molecule has 3 N–H and O–H groups in total. The zero-order chi connectivity index (χ0) is 15.9. The number of amides is 2. The van der Waals surface area contributed by atoms with Crippen LogP contribution in [0.3, 0.4) is 0 Å². The van der Waals surface area contributed by atoms with E-state index in [2.05, 4.69) is 12.2 Å². The van der Waals surface area contributed by atoms with Crippen molar-refractivity contribution in [2.24, 2.45) is 5.73 Å². The lowest BCUT2D eigenvalue weighted by molar-refractivity contribution is -0.133. The minimum absolute atomic E-state index is 0.0448. The second kappa shape index (κ2) is 7.94. The van der Waals surface area contributed by atoms with Gasteiger partial charge < -0.3 is 16.0 Å². The van der Waals surface area contributed by atoms with E-state index >= 15 is 0 Å². The minimum atomic E-state index is -0.119. The number of likely N-dealkylation sites (tertiary alicyclic amines) is 1. The van der Waals surface area contributed by atoms with Crippen molar-refractivity contribution < 1.29 is 9.59 Å². The van der Waals surface area contributed by atoms with Crippen LogP contribution in [0.4, 0.5) is 5.69 Å². The number of hydrogen-bond acceptors (Lipinski definition) is 3. The molecule has 120 valence electrons. The number of carbonyl (C=O) groups excluding carboxylic acids is 2. The van der Waals surface area contributed by atoms with Gasteiger partial charge in [-0.1, -0.05) is 19.1 Å². The molecule has 5 nitrogen and oxygen atoms in total. The minimum Gasteiger partial charge on any atom is -0.343 e. The molecule has 2 rings (SSSR count). The van der Waals surface area contributed by atoms with Crippen molar-refractivity contribution >= 4 is 17.5 Å². The summed E-state index contributed by atoms with van der Waals surface area (Å²) in [6.07, 6.45) is 3.15. The molecule has 1 heterocycles. The number of carbonyl (C=O) groups is 2. The number of piperidine rings is 1. The first-order valence-corrected chi connectivity index (χ1v) is 8.00. The van der Waals surface area contributed by atoms with Crippen molar-refractivity contribution in [3.63, 3.8) is 0 Å². The Morgan fingerprint density at radius 3 is 2.41 bits per heavy atom. The van der Waals surface area contributed by atoms with Crippen molar-refractivity contribution in [2.75, 3.05) is 18.4 Å². The van der Waals surface area contributed by atoms with E-state index in [0.717, 1.165) is 24.9 Å². The molecule has 0 bridgehead atoms. The molecule has 0 aromatic heterocycles. The highest BCUT2D eigenvalue weighted by atomic mass is 16.2. The third kappa shape index (κ3) is 4.84. The van der Waals surface area contributed by atoms with Crippen LogP contribution in [0.25, 0.3) is 0 Å². The quantitative estimate of drug-likeness (QED) is 0.872. The van der Waals surface area contributed by atoms with Gasteiger partial charge in [-0.3, -0.25) is 9.59 Å². The van der Waals surface area contributed by atoms with E-state index in [1.807, 2.05) is 29.2 Å². The van der Waals surface area contributed by atoms with Crippen LogP contribution < -0.4 is 11.1 Å². The number of nitrogens with two attached hydrogens (primary N) is 1. The molecule has 0 saturated carbocycles. The van der Waals surface area contributed by atoms with Crippen LogP contribution in [-0.4, -0.2) is 35.8 Å². The summed E-state index contributed by atoms with van der Waals surface area (Å²) < 4.78 is 0. The van der Waals surface area contributed by atoms with Crippen molar-refractivity contribution in [3.8, 4) is 0 Å². The summed E-state index contributed by atoms with van der Waals surface area (Å²) in [7, 11) is 0. The van der Waals surface area contributed by atoms with Crippen molar-refractivity contribution in [2.45, 2.75) is 45.1 Å². The average Bonchev–Trinajstić information content (AvgIpc) is 2.54. The molecule has 1 aliphatic rings. The Labute approximate surface area is 131 Å². The topological polar surface area (TPSA) is 75.4 Å². The van der Waals surface area contributed by atoms with E-state index in [0.29, 0.717) is 13.1 Å². The molecule has 0 spiro atoms. The second-order valence-corrected chi connectivity index (χ2v) is 5.82. The number of anilines is 1. The van der Waals surface area contributed by atoms with Crippen molar-refractivity contribution in [3.05, 3.63) is 29.8 Å². The molecule has 5 heteroatoms. The van der Waals surface area contributed by atoms with Gasteiger partial charge in [0.2, 0.25) is 11.8 Å². The van der Waals surface area contributed by atoms with Crippen molar-refractivity contribution in [1.29, 1.82) is 0 Å². The highest BCUT2D eigenvalue weighted by Crippen LogP contribution is 2.12. The first kappa shape index (κ1) is 16.5. The molecule has 0 atom stereocenters. The van der Waals surface area contributed by atoms with Gasteiger partial charge in [-0.2, -0.15) is 0 Å². The molecule has 1 saturated heterocycles. The van der Waals surface area contributed by atoms with Crippen LogP contribution in [0.1, 0.15) is 38.2 Å². The van der Waals surface area contributed by atoms with Gasteiger partial charge in [-0.25, -0.2) is 0 Å². The Kier molecular flexibility index (Phi) is 5.95. The molecule has 0 aliphatic carbocycles. The summed E-state index contributed by atoms with van der Waals surface area (Å²) in [6, 6.07) is 7.99. The van der Waals surface area contributed by atoms with Crippen LogP contribution >= 0.6 is 0 Å². The molecule has 2 amide bonds. The summed E-state index contributed by atoms with van der Waals surface area (Å²) >= 11 is 0. The fourth-order valence-electron chi connectivity index (χ4n) is 2.57. The summed E-state index contributed by atoms with van der Waals surface area (Å²) in [6.45, 7) is 3.51. The maximum Gasteiger partial charge on any atom is 0.224 e. The largest absolute Gasteiger partial charge is 0.343 e. The van der Waals surface area contributed by atoms with E-state index in [1.165, 1.54) is 5.56 Å². The summed E-state index contributed by atoms with van der Waals surface area (Å²) in [5.74, 6) is -0.0744. The molecule has 1 fully saturated rings. The Balaban J connectivity index is 1.73. The lowest BCUT2D eigenvalue weighted by atomic mass is 10.1. The highest BCUT2D eigenvalue weighted by molar-refractivity contribution is 5.93. The fourth-order valence-corrected chi connectivity index (χ4v) is 2.57. The monoisotopic (exact) mass is 303 g/mol. The summed E-state index contributed by atoms with van der Waals surface area (Å²) in [5.41, 5.74) is 7.83. The molecule has 22 heavy (non-hydrogen) atoms. The van der Waals surface area contributed by atoms with Crippen LogP contribution in [0, 0.1) is 0 Å². The number of aryl methyl sites for hydroxylation is 1. The van der Waals surface area contributed by atoms with E-state index in [9.17, 15) is 9.59 Å². The molecular formula is C17H25N3O2. The van der Waals surface area contributed by atoms with Gasteiger partial charge in [0.1, 0.15) is 0 Å². The Morgan fingerprint density at radius 1 is 1.18 bits per heavy atom. The van der Waals surface area contributed by atoms with Crippen molar-refractivity contribution in [1.82, 2.24) is 4.90 Å². The van der Waals surface area contributed by atoms with Gasteiger partial charge in [0.25, 0.3) is 0 Å². The smallest absolute Gasteiger partial charge is 0.224 e. The third-order valence-corrected chi connectivity index (χ3v) is 4.10. The Morgan fingerprint density at radius 2 is 1.82 bits per heavy atom. The Bertz CT molecular complexity index is 505. The van der Waals surface area contributed by atoms with Gasteiger partial charge in [-0.05, 0) is 37.0 Å². The zero-order valence-electron chi connectivity index (χ0n) is 13.2. The fraction of sp³-hybridized carbons (Fsp3) is 0.529. The van der Waals surface area contributed by atoms with Gasteiger partial charge in [0.15, 0.2) is 0 Å². The number of benzene rings is 1. The maximum absolute atomic E-state index is 12.1. The first-order chi connectivity index (χ1) is 10.6. The van der Waals surface area contributed by atoms with E-state index in [1.54, 1.807) is 0 Å². The van der Waals surface area contributed by atoms with Crippen LogP contribution in [0.15, 0.2) is 24.3 Å². The summed E-state index contributed by atoms with van der Waals surface area (Å²) in [4.78, 5) is 25.8. The molecular weight excluding hydrogens is 278 g/mol. The standard InChI is InChI=1S/C17H25N3O2/c1-2-13-3-5-15(6-4-13)19-16(21)7-8-17(22)20-11-9-14(18)10-12-20/h3-6,14H,2,7-12,18H2,1H3,(H,19,21). The predicted molar refractivity (Wildman–Crippen MR) is 87.5 cm³/mol. The molecule has 1 aromatic carbocycles. The highest BCUT2D eigenvalue weighted by Gasteiger charge is 2.20. The molecule has 0 radical (unpaired) electrons. The average molecular weight is 303 g/mol. The lowest BCUT2D eigenvalue weighted by Crippen LogP contribution is -2.43. The van der Waals surface area contributed by atoms with E-state index < -0.39 is 0 Å². The summed E-state index contributed by atoms with van der Waals surface area (Å²) in [5, 5.41) is 2.83. The van der Waals surface area contributed by atoms with Crippen LogP contribution in [0.2, 0.25) is 0 Å². The third-order valence-electron chi connectivity index (χ3n) is 4.10. The normalized spacial score (nSPS) is 15.6. The van der Waals surface area contributed by atoms with Gasteiger partial charge >= 0.3 is 0 Å². The van der Waals surface area contributed by atoms with Crippen LogP contribution in [-0.2, 0) is 16.0 Å². The molecule has 0 unspecified atom stereocenters. The van der Waals surface area contributed by atoms with E-state index in [-0.39, 0.29) is 30.7 Å². The Hall–Kier alpha value is -1.88. The molecule has 1 aromatic rings. The number of nitrogens with one attached hydrogen (secondary N) is 1. The van der Waals surface area contributed by atoms with E-state index in [4.69, 9.17) is 5.73 Å². The van der Waals surface area contributed by atoms with Gasteiger partial charge in [0, 0.05) is 37.7 Å². The lowest BCUT2D eigenvalue weighted by Gasteiger charge is -2.30. The second-order valence-electron chi connectivity index (χ2n) is 5.82. The zero-order valence-corrected chi connectivity index (χ0v) is 13.2. The first-order valence-electron chi connectivity index (χ1n) is 8.00. The predicted octanol–water partition coefficient (Wildman–Crippen LogP) is 1.92. The van der Waals surface area contributed by atoms with Gasteiger partial charge in [0.05, 0.1) is 0 Å².